The Hall–Kier alpha value is -1.55. The minimum atomic E-state index is -0.254. The number of carbonyl (C=O) groups is 1. The van der Waals surface area contributed by atoms with Gasteiger partial charge in [0.05, 0.1) is 25.8 Å². The highest BCUT2D eigenvalue weighted by molar-refractivity contribution is 6.02. The predicted octanol–water partition coefficient (Wildman–Crippen LogP) is 2.66. The zero-order valence-corrected chi connectivity index (χ0v) is 12.3. The van der Waals surface area contributed by atoms with Crippen molar-refractivity contribution in [1.82, 2.24) is 5.32 Å². The standard InChI is InChI=1S/C15H23NO3/c1-6-10(2)16-11(3)15(17)13-9-12(18-4)7-8-14(13)19-5/h7-11,16H,6H2,1-5H3. The van der Waals surface area contributed by atoms with E-state index in [2.05, 4.69) is 19.2 Å². The van der Waals surface area contributed by atoms with Crippen LogP contribution in [0.5, 0.6) is 11.5 Å². The summed E-state index contributed by atoms with van der Waals surface area (Å²) in [5.74, 6) is 1.24. The highest BCUT2D eigenvalue weighted by Crippen LogP contribution is 2.25. The minimum Gasteiger partial charge on any atom is -0.497 e. The Bertz CT molecular complexity index is 431. The van der Waals surface area contributed by atoms with E-state index >= 15 is 0 Å². The van der Waals surface area contributed by atoms with Crippen molar-refractivity contribution in [2.75, 3.05) is 14.2 Å². The van der Waals surface area contributed by atoms with Gasteiger partial charge in [-0.05, 0) is 38.5 Å². The number of methoxy groups -OCH3 is 2. The molecule has 2 atom stereocenters. The number of benzene rings is 1. The summed E-state index contributed by atoms with van der Waals surface area (Å²) in [7, 11) is 3.14. The first kappa shape index (κ1) is 15.5. The van der Waals surface area contributed by atoms with E-state index in [1.54, 1.807) is 32.4 Å². The molecule has 0 heterocycles. The molecule has 1 aromatic carbocycles. The average molecular weight is 265 g/mol. The van der Waals surface area contributed by atoms with E-state index in [4.69, 9.17) is 9.47 Å². The molecule has 1 N–H and O–H groups in total. The molecule has 4 heteroatoms. The predicted molar refractivity (Wildman–Crippen MR) is 76.2 cm³/mol. The van der Waals surface area contributed by atoms with Crippen molar-refractivity contribution in [1.29, 1.82) is 0 Å². The molecule has 0 bridgehead atoms. The van der Waals surface area contributed by atoms with Crippen molar-refractivity contribution in [2.24, 2.45) is 0 Å². The highest BCUT2D eigenvalue weighted by atomic mass is 16.5. The lowest BCUT2D eigenvalue weighted by atomic mass is 10.0. The first-order valence-corrected chi connectivity index (χ1v) is 6.55. The molecule has 1 aromatic rings. The Morgan fingerprint density at radius 3 is 2.47 bits per heavy atom. The molecule has 106 valence electrons. The fourth-order valence-electron chi connectivity index (χ4n) is 1.86. The van der Waals surface area contributed by atoms with Gasteiger partial charge in [-0.3, -0.25) is 4.79 Å². The van der Waals surface area contributed by atoms with Crippen LogP contribution in [0.2, 0.25) is 0 Å². The van der Waals surface area contributed by atoms with Crippen LogP contribution in [0.1, 0.15) is 37.6 Å². The zero-order chi connectivity index (χ0) is 14.4. The summed E-state index contributed by atoms with van der Waals surface area (Å²) in [6.45, 7) is 6.01. The van der Waals surface area contributed by atoms with Gasteiger partial charge in [0.15, 0.2) is 5.78 Å². The SMILES string of the molecule is CCC(C)NC(C)C(=O)c1cc(OC)ccc1OC. The van der Waals surface area contributed by atoms with E-state index in [0.717, 1.165) is 6.42 Å². The number of rotatable bonds is 7. The van der Waals surface area contributed by atoms with Crippen LogP contribution >= 0.6 is 0 Å². The van der Waals surface area contributed by atoms with Gasteiger partial charge in [0.1, 0.15) is 11.5 Å². The van der Waals surface area contributed by atoms with Crippen LogP contribution in [0, 0.1) is 0 Å². The maximum Gasteiger partial charge on any atom is 0.183 e. The summed E-state index contributed by atoms with van der Waals surface area (Å²) in [6.07, 6.45) is 0.979. The number of carbonyl (C=O) groups excluding carboxylic acids is 1. The van der Waals surface area contributed by atoms with Crippen molar-refractivity contribution in [3.63, 3.8) is 0 Å². The van der Waals surface area contributed by atoms with Crippen LogP contribution < -0.4 is 14.8 Å². The molecule has 4 nitrogen and oxygen atoms in total. The van der Waals surface area contributed by atoms with E-state index < -0.39 is 0 Å². The van der Waals surface area contributed by atoms with Gasteiger partial charge < -0.3 is 14.8 Å². The van der Waals surface area contributed by atoms with Crippen LogP contribution in [-0.2, 0) is 0 Å². The largest absolute Gasteiger partial charge is 0.497 e. The zero-order valence-electron chi connectivity index (χ0n) is 12.3. The van der Waals surface area contributed by atoms with Gasteiger partial charge in [-0.1, -0.05) is 6.92 Å². The minimum absolute atomic E-state index is 0.0102. The second-order valence-electron chi connectivity index (χ2n) is 4.63. The molecule has 1 rings (SSSR count). The molecule has 0 saturated carbocycles. The monoisotopic (exact) mass is 265 g/mol. The summed E-state index contributed by atoms with van der Waals surface area (Å²) in [6, 6.07) is 5.30. The number of nitrogens with one attached hydrogen (secondary N) is 1. The lowest BCUT2D eigenvalue weighted by Gasteiger charge is -2.19. The lowest BCUT2D eigenvalue weighted by Crippen LogP contribution is -2.39. The summed E-state index contributed by atoms with van der Waals surface area (Å²) in [5, 5.41) is 3.27. The molecule has 0 aliphatic heterocycles. The van der Waals surface area contributed by atoms with Gasteiger partial charge in [-0.25, -0.2) is 0 Å². The Balaban J connectivity index is 2.96. The summed E-state index contributed by atoms with van der Waals surface area (Å²) < 4.78 is 10.4. The third-order valence-corrected chi connectivity index (χ3v) is 3.21. The van der Waals surface area contributed by atoms with Crippen LogP contribution in [-0.4, -0.2) is 32.1 Å². The van der Waals surface area contributed by atoms with Crippen molar-refractivity contribution in [3.05, 3.63) is 23.8 Å². The smallest absolute Gasteiger partial charge is 0.183 e. The summed E-state index contributed by atoms with van der Waals surface area (Å²) >= 11 is 0. The fourth-order valence-corrected chi connectivity index (χ4v) is 1.86. The van der Waals surface area contributed by atoms with Crippen LogP contribution in [0.3, 0.4) is 0 Å². The number of hydrogen-bond acceptors (Lipinski definition) is 4. The van der Waals surface area contributed by atoms with Crippen LogP contribution in [0.15, 0.2) is 18.2 Å². The maximum absolute atomic E-state index is 12.4. The first-order valence-electron chi connectivity index (χ1n) is 6.55. The molecule has 0 radical (unpaired) electrons. The second-order valence-corrected chi connectivity index (χ2v) is 4.63. The van der Waals surface area contributed by atoms with E-state index in [0.29, 0.717) is 23.1 Å². The highest BCUT2D eigenvalue weighted by Gasteiger charge is 2.20. The third-order valence-electron chi connectivity index (χ3n) is 3.21. The van der Waals surface area contributed by atoms with Crippen LogP contribution in [0.4, 0.5) is 0 Å². The molecule has 0 spiro atoms. The lowest BCUT2D eigenvalue weighted by molar-refractivity contribution is 0.0941. The van der Waals surface area contributed by atoms with E-state index in [1.807, 2.05) is 6.92 Å². The third kappa shape index (κ3) is 3.96. The Morgan fingerprint density at radius 1 is 1.26 bits per heavy atom. The molecule has 2 unspecified atom stereocenters. The van der Waals surface area contributed by atoms with Crippen LogP contribution in [0.25, 0.3) is 0 Å². The number of ether oxygens (including phenoxy) is 2. The van der Waals surface area contributed by atoms with E-state index in [9.17, 15) is 4.79 Å². The quantitative estimate of drug-likeness (QED) is 0.770. The first-order chi connectivity index (χ1) is 9.03. The normalized spacial score (nSPS) is 13.7. The number of Topliss-reactive ketones (excluding diaryl/α,β-unsaturated/α-hetero) is 1. The molecule has 0 aliphatic carbocycles. The topological polar surface area (TPSA) is 47.6 Å². The summed E-state index contributed by atoms with van der Waals surface area (Å²) in [5.41, 5.74) is 0.546. The molecular weight excluding hydrogens is 242 g/mol. The number of hydrogen-bond donors (Lipinski definition) is 1. The summed E-state index contributed by atoms with van der Waals surface area (Å²) in [4.78, 5) is 12.4. The van der Waals surface area contributed by atoms with Gasteiger partial charge in [-0.2, -0.15) is 0 Å². The van der Waals surface area contributed by atoms with Crippen molar-refractivity contribution >= 4 is 5.78 Å². The van der Waals surface area contributed by atoms with E-state index in [1.165, 1.54) is 0 Å². The fraction of sp³-hybridized carbons (Fsp3) is 0.533. The molecule has 0 fully saturated rings. The Kier molecular flexibility index (Phi) is 5.83. The molecule has 19 heavy (non-hydrogen) atoms. The van der Waals surface area contributed by atoms with Crippen molar-refractivity contribution in [2.45, 2.75) is 39.3 Å². The van der Waals surface area contributed by atoms with E-state index in [-0.39, 0.29) is 11.8 Å². The van der Waals surface area contributed by atoms with Gasteiger partial charge in [0.2, 0.25) is 0 Å². The molecule has 0 saturated heterocycles. The van der Waals surface area contributed by atoms with Crippen molar-refractivity contribution in [3.8, 4) is 11.5 Å². The Labute approximate surface area is 115 Å². The average Bonchev–Trinajstić information content (AvgIpc) is 2.45. The van der Waals surface area contributed by atoms with Gasteiger partial charge in [0, 0.05) is 6.04 Å². The molecule has 0 amide bonds. The van der Waals surface area contributed by atoms with Gasteiger partial charge in [-0.15, -0.1) is 0 Å². The molecular formula is C15H23NO3. The maximum atomic E-state index is 12.4. The second kappa shape index (κ2) is 7.14. The van der Waals surface area contributed by atoms with Gasteiger partial charge in [0.25, 0.3) is 0 Å². The molecule has 0 aromatic heterocycles. The van der Waals surface area contributed by atoms with Crippen molar-refractivity contribution < 1.29 is 14.3 Å². The molecule has 0 aliphatic rings. The number of ketones is 1. The Morgan fingerprint density at radius 2 is 1.95 bits per heavy atom. The van der Waals surface area contributed by atoms with Gasteiger partial charge >= 0.3 is 0 Å².